The average molecular weight is 480 g/mol. The molecule has 0 radical (unpaired) electrons. The fourth-order valence-corrected chi connectivity index (χ4v) is 4.31. The van der Waals surface area contributed by atoms with Gasteiger partial charge >= 0.3 is 0 Å². The van der Waals surface area contributed by atoms with Crippen LogP contribution in [0.2, 0.25) is 0 Å². The second-order valence-electron chi connectivity index (χ2n) is 6.47. The van der Waals surface area contributed by atoms with Gasteiger partial charge in [-0.15, -0.1) is 0 Å². The summed E-state index contributed by atoms with van der Waals surface area (Å²) in [4.78, 5) is 12.0. The molecule has 0 heterocycles. The van der Waals surface area contributed by atoms with E-state index in [-0.39, 0.29) is 32.5 Å². The molecule has 0 saturated heterocycles. The molecule has 0 bridgehead atoms. The van der Waals surface area contributed by atoms with Crippen LogP contribution in [0, 0.1) is 5.82 Å². The highest BCUT2D eigenvalue weighted by atomic mass is 32.2. The molecule has 0 fully saturated rings. The molecule has 32 heavy (non-hydrogen) atoms. The number of methoxy groups -OCH3 is 1. The molecule has 0 aromatic heterocycles. The van der Waals surface area contributed by atoms with Crippen LogP contribution in [0.1, 0.15) is 10.4 Å². The van der Waals surface area contributed by atoms with Gasteiger partial charge < -0.3 is 10.1 Å². The van der Waals surface area contributed by atoms with Gasteiger partial charge in [0.1, 0.15) is 11.6 Å². The number of sulfonamides is 2. The molecule has 1 amide bonds. The Balaban J connectivity index is 1.89. The summed E-state index contributed by atoms with van der Waals surface area (Å²) >= 11 is 0. The van der Waals surface area contributed by atoms with Gasteiger partial charge in [0.2, 0.25) is 10.0 Å². The lowest BCUT2D eigenvalue weighted by Gasteiger charge is -2.14. The molecular formula is C20H18FN3O6S2. The third kappa shape index (κ3) is 5.22. The summed E-state index contributed by atoms with van der Waals surface area (Å²) in [7, 11) is -6.73. The number of nitrogens with two attached hydrogens (primary N) is 1. The van der Waals surface area contributed by atoms with E-state index in [1.165, 1.54) is 49.6 Å². The first-order valence-corrected chi connectivity index (χ1v) is 11.9. The number of primary sulfonamides is 1. The van der Waals surface area contributed by atoms with Crippen LogP contribution in [0.25, 0.3) is 0 Å². The Morgan fingerprint density at radius 1 is 0.938 bits per heavy atom. The number of benzene rings is 3. The fraction of sp³-hybridized carbons (Fsp3) is 0.0500. The molecule has 0 aliphatic heterocycles. The van der Waals surface area contributed by atoms with Crippen LogP contribution < -0.4 is 19.9 Å². The zero-order valence-corrected chi connectivity index (χ0v) is 18.2. The van der Waals surface area contributed by atoms with Gasteiger partial charge in [-0.2, -0.15) is 0 Å². The molecule has 9 nitrogen and oxygen atoms in total. The van der Waals surface area contributed by atoms with Crippen LogP contribution in [-0.4, -0.2) is 29.9 Å². The summed E-state index contributed by atoms with van der Waals surface area (Å²) in [5, 5.41) is 7.47. The molecule has 3 rings (SSSR count). The highest BCUT2D eigenvalue weighted by Gasteiger charge is 2.19. The Kier molecular flexibility index (Phi) is 6.48. The van der Waals surface area contributed by atoms with Crippen molar-refractivity contribution >= 4 is 37.3 Å². The zero-order chi connectivity index (χ0) is 23.5. The first-order chi connectivity index (χ1) is 15.0. The maximum atomic E-state index is 13.9. The van der Waals surface area contributed by atoms with Gasteiger partial charge in [-0.3, -0.25) is 9.52 Å². The summed E-state index contributed by atoms with van der Waals surface area (Å²) < 4.78 is 69.6. The number of ether oxygens (including phenoxy) is 1. The molecule has 3 aromatic carbocycles. The predicted octanol–water partition coefficient (Wildman–Crippen LogP) is 2.53. The SMILES string of the molecule is COc1ccc(S(=O)(=O)Nc2ccc(S(N)(=O)=O)cc2)cc1NC(=O)c1ccccc1F. The van der Waals surface area contributed by atoms with Gasteiger partial charge in [-0.05, 0) is 54.6 Å². The molecule has 0 saturated carbocycles. The van der Waals surface area contributed by atoms with E-state index in [0.29, 0.717) is 0 Å². The molecule has 12 heteroatoms. The zero-order valence-electron chi connectivity index (χ0n) is 16.6. The van der Waals surface area contributed by atoms with E-state index in [9.17, 15) is 26.0 Å². The summed E-state index contributed by atoms with van der Waals surface area (Å²) in [6.07, 6.45) is 0. The molecule has 3 aromatic rings. The Labute approximate surface area is 184 Å². The Morgan fingerprint density at radius 3 is 2.16 bits per heavy atom. The summed E-state index contributed by atoms with van der Waals surface area (Å²) in [6, 6.07) is 13.8. The van der Waals surface area contributed by atoms with Crippen LogP contribution in [0.5, 0.6) is 5.75 Å². The van der Waals surface area contributed by atoms with E-state index in [2.05, 4.69) is 10.0 Å². The lowest BCUT2D eigenvalue weighted by atomic mass is 10.2. The van der Waals surface area contributed by atoms with E-state index >= 15 is 0 Å². The Bertz CT molecular complexity index is 1370. The monoisotopic (exact) mass is 479 g/mol. The van der Waals surface area contributed by atoms with Crippen molar-refractivity contribution in [1.29, 1.82) is 0 Å². The van der Waals surface area contributed by atoms with Crippen molar-refractivity contribution in [2.24, 2.45) is 5.14 Å². The number of carbonyl (C=O) groups excluding carboxylic acids is 1. The molecule has 0 spiro atoms. The maximum absolute atomic E-state index is 13.9. The second-order valence-corrected chi connectivity index (χ2v) is 9.71. The van der Waals surface area contributed by atoms with E-state index in [1.54, 1.807) is 0 Å². The van der Waals surface area contributed by atoms with Crippen LogP contribution in [0.3, 0.4) is 0 Å². The van der Waals surface area contributed by atoms with Crippen molar-refractivity contribution in [2.75, 3.05) is 17.1 Å². The predicted molar refractivity (Wildman–Crippen MR) is 116 cm³/mol. The number of hydrogen-bond acceptors (Lipinski definition) is 6. The molecule has 0 unspecified atom stereocenters. The maximum Gasteiger partial charge on any atom is 0.261 e. The first-order valence-electron chi connectivity index (χ1n) is 8.91. The molecular weight excluding hydrogens is 461 g/mol. The number of rotatable bonds is 7. The minimum atomic E-state index is -4.13. The van der Waals surface area contributed by atoms with E-state index in [4.69, 9.17) is 9.88 Å². The lowest BCUT2D eigenvalue weighted by Crippen LogP contribution is -2.17. The van der Waals surface area contributed by atoms with Crippen molar-refractivity contribution in [3.63, 3.8) is 0 Å². The summed E-state index contributed by atoms with van der Waals surface area (Å²) in [6.45, 7) is 0. The highest BCUT2D eigenvalue weighted by molar-refractivity contribution is 7.92. The van der Waals surface area contributed by atoms with Crippen LogP contribution in [-0.2, 0) is 20.0 Å². The number of halogens is 1. The number of amides is 1. The third-order valence-electron chi connectivity index (χ3n) is 4.28. The first kappa shape index (κ1) is 23.2. The Morgan fingerprint density at radius 2 is 1.56 bits per heavy atom. The fourth-order valence-electron chi connectivity index (χ4n) is 2.71. The van der Waals surface area contributed by atoms with Crippen LogP contribution in [0.15, 0.2) is 76.5 Å². The summed E-state index contributed by atoms with van der Waals surface area (Å²) in [5.41, 5.74) is -0.130. The summed E-state index contributed by atoms with van der Waals surface area (Å²) in [5.74, 6) is -1.37. The quantitative estimate of drug-likeness (QED) is 0.475. The third-order valence-corrected chi connectivity index (χ3v) is 6.59. The highest BCUT2D eigenvalue weighted by Crippen LogP contribution is 2.29. The normalized spacial score (nSPS) is 11.6. The smallest absolute Gasteiger partial charge is 0.261 e. The molecule has 0 atom stereocenters. The van der Waals surface area contributed by atoms with Crippen LogP contribution >= 0.6 is 0 Å². The van der Waals surface area contributed by atoms with Gasteiger partial charge in [-0.1, -0.05) is 12.1 Å². The van der Waals surface area contributed by atoms with E-state index < -0.39 is 31.8 Å². The lowest BCUT2D eigenvalue weighted by molar-refractivity contribution is 0.102. The van der Waals surface area contributed by atoms with Gasteiger partial charge in [-0.25, -0.2) is 26.4 Å². The second kappa shape index (κ2) is 8.94. The van der Waals surface area contributed by atoms with E-state index in [0.717, 1.165) is 24.3 Å². The van der Waals surface area contributed by atoms with Crippen LogP contribution in [0.4, 0.5) is 15.8 Å². The van der Waals surface area contributed by atoms with Crippen molar-refractivity contribution in [3.8, 4) is 5.75 Å². The van der Waals surface area contributed by atoms with Gasteiger partial charge in [0.25, 0.3) is 15.9 Å². The minimum absolute atomic E-state index is 0.00759. The van der Waals surface area contributed by atoms with Crippen molar-refractivity contribution in [2.45, 2.75) is 9.79 Å². The Hall–Kier alpha value is -3.48. The molecule has 168 valence electrons. The van der Waals surface area contributed by atoms with Crippen molar-refractivity contribution in [3.05, 3.63) is 78.1 Å². The van der Waals surface area contributed by atoms with Crippen molar-refractivity contribution in [1.82, 2.24) is 0 Å². The van der Waals surface area contributed by atoms with E-state index in [1.807, 2.05) is 0 Å². The molecule has 0 aliphatic carbocycles. The molecule has 4 N–H and O–H groups in total. The minimum Gasteiger partial charge on any atom is -0.495 e. The van der Waals surface area contributed by atoms with Gasteiger partial charge in [0.05, 0.1) is 28.2 Å². The number of nitrogens with one attached hydrogen (secondary N) is 2. The average Bonchev–Trinajstić information content (AvgIpc) is 2.73. The topological polar surface area (TPSA) is 145 Å². The largest absolute Gasteiger partial charge is 0.495 e. The number of anilines is 2. The van der Waals surface area contributed by atoms with Gasteiger partial charge in [0, 0.05) is 5.69 Å². The number of carbonyl (C=O) groups is 1. The molecule has 0 aliphatic rings. The number of hydrogen-bond donors (Lipinski definition) is 3. The van der Waals surface area contributed by atoms with Crippen molar-refractivity contribution < 1.29 is 30.8 Å². The van der Waals surface area contributed by atoms with Gasteiger partial charge in [0.15, 0.2) is 0 Å². The standard InChI is InChI=1S/C20H18FN3O6S2/c1-30-19-11-10-15(12-18(19)23-20(25)16-4-2-3-5-17(16)21)32(28,29)24-13-6-8-14(9-7-13)31(22,26)27/h2-12,24H,1H3,(H,23,25)(H2,22,26,27).